The highest BCUT2D eigenvalue weighted by Crippen LogP contribution is 2.20. The summed E-state index contributed by atoms with van der Waals surface area (Å²) in [7, 11) is 1.78. The molecule has 1 amide bonds. The molecule has 0 atom stereocenters. The molecule has 0 unspecified atom stereocenters. The van der Waals surface area contributed by atoms with Crippen LogP contribution in [0.3, 0.4) is 0 Å². The number of hydrogen-bond donors (Lipinski definition) is 2. The van der Waals surface area contributed by atoms with Crippen LogP contribution < -0.4 is 10.6 Å². The summed E-state index contributed by atoms with van der Waals surface area (Å²) in [6, 6.07) is 3.30. The van der Waals surface area contributed by atoms with Crippen molar-refractivity contribution in [3.8, 4) is 0 Å². The summed E-state index contributed by atoms with van der Waals surface area (Å²) in [6.07, 6.45) is 4.21. The lowest BCUT2D eigenvalue weighted by molar-refractivity contribution is 0.102. The van der Waals surface area contributed by atoms with Crippen LogP contribution in [0.25, 0.3) is 0 Å². The third-order valence-corrected chi connectivity index (χ3v) is 2.89. The summed E-state index contributed by atoms with van der Waals surface area (Å²) in [5.41, 5.74) is 0.391. The molecule has 6 nitrogen and oxygen atoms in total. The Balaban J connectivity index is 2.08. The molecule has 2 aromatic heterocycles. The van der Waals surface area contributed by atoms with Crippen molar-refractivity contribution < 1.29 is 4.79 Å². The van der Waals surface area contributed by atoms with E-state index in [1.807, 2.05) is 0 Å². The number of pyridine rings is 1. The Hall–Kier alpha value is -2.08. The number of rotatable bonds is 5. The Labute approximate surface area is 122 Å². The monoisotopic (exact) mass is 293 g/mol. The highest BCUT2D eigenvalue weighted by atomic mass is 35.5. The second-order valence-electron chi connectivity index (χ2n) is 4.31. The largest absolute Gasteiger partial charge is 0.369 e. The predicted molar refractivity (Wildman–Crippen MR) is 79.2 cm³/mol. The van der Waals surface area contributed by atoms with Gasteiger partial charge in [0, 0.05) is 32.1 Å². The van der Waals surface area contributed by atoms with Gasteiger partial charge >= 0.3 is 0 Å². The van der Waals surface area contributed by atoms with Gasteiger partial charge in [-0.05, 0) is 12.5 Å². The normalized spacial score (nSPS) is 10.3. The average Bonchev–Trinajstić information content (AvgIpc) is 2.82. The molecular weight excluding hydrogens is 278 g/mol. The number of aryl methyl sites for hydroxylation is 1. The van der Waals surface area contributed by atoms with Crippen LogP contribution >= 0.6 is 11.6 Å². The van der Waals surface area contributed by atoms with E-state index in [1.165, 1.54) is 6.20 Å². The van der Waals surface area contributed by atoms with Crippen molar-refractivity contribution in [3.05, 3.63) is 35.1 Å². The number of nitrogens with zero attached hydrogens (tertiary/aromatic N) is 3. The number of halogens is 1. The van der Waals surface area contributed by atoms with Crippen molar-refractivity contribution >= 4 is 29.1 Å². The number of hydrogen-bond acceptors (Lipinski definition) is 4. The van der Waals surface area contributed by atoms with E-state index in [2.05, 4.69) is 27.6 Å². The Morgan fingerprint density at radius 1 is 1.50 bits per heavy atom. The molecule has 0 saturated carbocycles. The van der Waals surface area contributed by atoms with Gasteiger partial charge in [0.05, 0.1) is 10.6 Å². The SMILES string of the molecule is CCCNc1ncc(C(=O)Nc2ccn(C)n2)cc1Cl. The molecule has 106 valence electrons. The summed E-state index contributed by atoms with van der Waals surface area (Å²) in [6.45, 7) is 2.84. The van der Waals surface area contributed by atoms with Crippen molar-refractivity contribution in [2.75, 3.05) is 17.2 Å². The van der Waals surface area contributed by atoms with Gasteiger partial charge in [0.1, 0.15) is 5.82 Å². The molecule has 0 aliphatic carbocycles. The summed E-state index contributed by atoms with van der Waals surface area (Å²) in [5, 5.41) is 10.3. The highest BCUT2D eigenvalue weighted by Gasteiger charge is 2.11. The van der Waals surface area contributed by atoms with Crippen LogP contribution in [0.1, 0.15) is 23.7 Å². The number of aromatic nitrogens is 3. The first-order chi connectivity index (χ1) is 9.60. The van der Waals surface area contributed by atoms with Gasteiger partial charge in [-0.15, -0.1) is 0 Å². The molecule has 0 spiro atoms. The minimum absolute atomic E-state index is 0.292. The van der Waals surface area contributed by atoms with Crippen molar-refractivity contribution in [2.45, 2.75) is 13.3 Å². The molecule has 2 aromatic rings. The number of carbonyl (C=O) groups excluding carboxylic acids is 1. The topological polar surface area (TPSA) is 71.8 Å². The molecule has 0 aromatic carbocycles. The first-order valence-electron chi connectivity index (χ1n) is 6.30. The van der Waals surface area contributed by atoms with Crippen LogP contribution in [0.5, 0.6) is 0 Å². The molecular formula is C13H16ClN5O. The minimum Gasteiger partial charge on any atom is -0.369 e. The van der Waals surface area contributed by atoms with Crippen LogP contribution in [0, 0.1) is 0 Å². The second kappa shape index (κ2) is 6.38. The van der Waals surface area contributed by atoms with Crippen LogP contribution in [0.15, 0.2) is 24.5 Å². The smallest absolute Gasteiger partial charge is 0.258 e. The Morgan fingerprint density at radius 3 is 2.90 bits per heavy atom. The molecule has 0 bridgehead atoms. The fraction of sp³-hybridized carbons (Fsp3) is 0.308. The Bertz CT molecular complexity index is 611. The molecule has 0 aliphatic heterocycles. The van der Waals surface area contributed by atoms with Gasteiger partial charge in [-0.1, -0.05) is 18.5 Å². The predicted octanol–water partition coefficient (Wildman–Crippen LogP) is 2.54. The van der Waals surface area contributed by atoms with E-state index in [-0.39, 0.29) is 5.91 Å². The third-order valence-electron chi connectivity index (χ3n) is 2.60. The van der Waals surface area contributed by atoms with E-state index in [9.17, 15) is 4.79 Å². The van der Waals surface area contributed by atoms with E-state index < -0.39 is 0 Å². The zero-order chi connectivity index (χ0) is 14.5. The van der Waals surface area contributed by atoms with Gasteiger partial charge in [0.25, 0.3) is 5.91 Å². The fourth-order valence-electron chi connectivity index (χ4n) is 1.61. The summed E-state index contributed by atoms with van der Waals surface area (Å²) in [4.78, 5) is 16.2. The van der Waals surface area contributed by atoms with Crippen LogP contribution in [0.2, 0.25) is 5.02 Å². The van der Waals surface area contributed by atoms with Crippen molar-refractivity contribution in [2.24, 2.45) is 7.05 Å². The molecule has 2 N–H and O–H groups in total. The minimum atomic E-state index is -0.292. The molecule has 2 rings (SSSR count). The van der Waals surface area contributed by atoms with Gasteiger partial charge in [-0.2, -0.15) is 5.10 Å². The van der Waals surface area contributed by atoms with E-state index in [0.717, 1.165) is 13.0 Å². The fourth-order valence-corrected chi connectivity index (χ4v) is 1.84. The molecule has 0 radical (unpaired) electrons. The van der Waals surface area contributed by atoms with E-state index in [4.69, 9.17) is 11.6 Å². The lowest BCUT2D eigenvalue weighted by Crippen LogP contribution is -2.13. The van der Waals surface area contributed by atoms with E-state index in [1.54, 1.807) is 30.1 Å². The lowest BCUT2D eigenvalue weighted by Gasteiger charge is -2.07. The van der Waals surface area contributed by atoms with Gasteiger partial charge < -0.3 is 10.6 Å². The number of nitrogens with one attached hydrogen (secondary N) is 2. The number of amides is 1. The second-order valence-corrected chi connectivity index (χ2v) is 4.72. The van der Waals surface area contributed by atoms with E-state index >= 15 is 0 Å². The van der Waals surface area contributed by atoms with E-state index in [0.29, 0.717) is 22.2 Å². The quantitative estimate of drug-likeness (QED) is 0.888. The van der Waals surface area contributed by atoms with Gasteiger partial charge in [-0.25, -0.2) is 4.98 Å². The zero-order valence-electron chi connectivity index (χ0n) is 11.4. The third kappa shape index (κ3) is 3.48. The van der Waals surface area contributed by atoms with Gasteiger partial charge in [0.15, 0.2) is 5.82 Å². The summed E-state index contributed by atoms with van der Waals surface area (Å²) < 4.78 is 1.61. The molecule has 20 heavy (non-hydrogen) atoms. The standard InChI is InChI=1S/C13H16ClN5O/c1-3-5-15-12-10(14)7-9(8-16-12)13(20)17-11-4-6-19(2)18-11/h4,6-8H,3,5H2,1-2H3,(H,15,16)(H,17,18,20). The Kier molecular flexibility index (Phi) is 4.57. The molecule has 0 fully saturated rings. The molecule has 7 heteroatoms. The van der Waals surface area contributed by atoms with Gasteiger partial charge in [0.2, 0.25) is 0 Å². The molecule has 0 aliphatic rings. The first-order valence-corrected chi connectivity index (χ1v) is 6.68. The van der Waals surface area contributed by atoms with Crippen LogP contribution in [-0.2, 0) is 7.05 Å². The summed E-state index contributed by atoms with van der Waals surface area (Å²) >= 11 is 6.09. The first kappa shape index (κ1) is 14.3. The Morgan fingerprint density at radius 2 is 2.30 bits per heavy atom. The maximum atomic E-state index is 12.0. The van der Waals surface area contributed by atoms with Crippen molar-refractivity contribution in [1.29, 1.82) is 0 Å². The van der Waals surface area contributed by atoms with Crippen molar-refractivity contribution in [3.63, 3.8) is 0 Å². The van der Waals surface area contributed by atoms with Crippen LogP contribution in [-0.4, -0.2) is 27.2 Å². The highest BCUT2D eigenvalue weighted by molar-refractivity contribution is 6.33. The maximum absolute atomic E-state index is 12.0. The van der Waals surface area contributed by atoms with Crippen LogP contribution in [0.4, 0.5) is 11.6 Å². The summed E-state index contributed by atoms with van der Waals surface area (Å²) in [5.74, 6) is 0.782. The zero-order valence-corrected chi connectivity index (χ0v) is 12.1. The van der Waals surface area contributed by atoms with Crippen molar-refractivity contribution in [1.82, 2.24) is 14.8 Å². The number of anilines is 2. The molecule has 0 saturated heterocycles. The van der Waals surface area contributed by atoms with Gasteiger partial charge in [-0.3, -0.25) is 9.48 Å². The molecule has 2 heterocycles. The lowest BCUT2D eigenvalue weighted by atomic mass is 10.2. The number of carbonyl (C=O) groups is 1. The average molecular weight is 294 g/mol. The maximum Gasteiger partial charge on any atom is 0.258 e.